The zero-order valence-electron chi connectivity index (χ0n) is 15.5. The van der Waals surface area contributed by atoms with E-state index in [0.29, 0.717) is 22.8 Å². The summed E-state index contributed by atoms with van der Waals surface area (Å²) in [4.78, 5) is 14.1. The van der Waals surface area contributed by atoms with E-state index >= 15 is 0 Å². The van der Waals surface area contributed by atoms with Crippen molar-refractivity contribution in [2.24, 2.45) is 28.6 Å². The van der Waals surface area contributed by atoms with Gasteiger partial charge < -0.3 is 4.74 Å². The largest absolute Gasteiger partial charge is 0.458 e. The van der Waals surface area contributed by atoms with Gasteiger partial charge in [0.25, 0.3) is 0 Å². The van der Waals surface area contributed by atoms with Gasteiger partial charge in [0.1, 0.15) is 6.10 Å². The first-order valence-electron chi connectivity index (χ1n) is 9.41. The van der Waals surface area contributed by atoms with Crippen molar-refractivity contribution in [1.82, 2.24) is 0 Å². The molecule has 0 amide bonds. The molecular formula is C21H31BrO2. The van der Waals surface area contributed by atoms with Crippen molar-refractivity contribution in [3.8, 4) is 0 Å². The van der Waals surface area contributed by atoms with Crippen LogP contribution in [0.2, 0.25) is 0 Å². The minimum absolute atomic E-state index is 0.0232. The maximum absolute atomic E-state index is 11.9. The molecule has 5 atom stereocenters. The molecule has 24 heavy (non-hydrogen) atoms. The maximum atomic E-state index is 11.9. The molecule has 0 aromatic heterocycles. The number of esters is 1. The number of carbonyl (C=O) groups is 1. The van der Waals surface area contributed by atoms with Crippen LogP contribution >= 0.6 is 15.9 Å². The molecule has 0 aromatic carbocycles. The van der Waals surface area contributed by atoms with Crippen molar-refractivity contribution in [1.29, 1.82) is 0 Å². The molecule has 2 nitrogen and oxygen atoms in total. The average Bonchev–Trinajstić information content (AvgIpc) is 2.97. The summed E-state index contributed by atoms with van der Waals surface area (Å²) in [5.41, 5.74) is 2.41. The van der Waals surface area contributed by atoms with Crippen molar-refractivity contribution >= 4 is 21.9 Å². The zero-order valence-corrected chi connectivity index (χ0v) is 17.1. The highest BCUT2D eigenvalue weighted by Crippen LogP contribution is 2.60. The van der Waals surface area contributed by atoms with Crippen LogP contribution in [0.5, 0.6) is 0 Å². The summed E-state index contributed by atoms with van der Waals surface area (Å²) in [6.45, 7) is 13.0. The van der Waals surface area contributed by atoms with E-state index < -0.39 is 0 Å². The van der Waals surface area contributed by atoms with Crippen molar-refractivity contribution in [3.05, 3.63) is 22.7 Å². The molecule has 2 saturated carbocycles. The van der Waals surface area contributed by atoms with Crippen LogP contribution in [-0.2, 0) is 9.53 Å². The number of halogens is 1. The van der Waals surface area contributed by atoms with E-state index in [9.17, 15) is 4.79 Å². The van der Waals surface area contributed by atoms with E-state index in [0.717, 1.165) is 12.3 Å². The van der Waals surface area contributed by atoms with Crippen molar-refractivity contribution in [3.63, 3.8) is 0 Å². The van der Waals surface area contributed by atoms with E-state index in [1.807, 2.05) is 0 Å². The lowest BCUT2D eigenvalue weighted by Gasteiger charge is -2.45. The lowest BCUT2D eigenvalue weighted by molar-refractivity contribution is -0.140. The minimum atomic E-state index is -0.238. The van der Waals surface area contributed by atoms with Gasteiger partial charge in [0.05, 0.1) is 0 Å². The second-order valence-corrected chi connectivity index (χ2v) is 9.54. The fourth-order valence-corrected chi connectivity index (χ4v) is 6.34. The third-order valence-electron chi connectivity index (χ3n) is 7.53. The molecule has 3 heteroatoms. The summed E-state index contributed by atoms with van der Waals surface area (Å²) in [6.07, 6.45) is 7.42. The second kappa shape index (κ2) is 6.30. The first-order valence-corrected chi connectivity index (χ1v) is 10.3. The highest BCUT2D eigenvalue weighted by atomic mass is 79.9. The van der Waals surface area contributed by atoms with Gasteiger partial charge in [-0.05, 0) is 66.7 Å². The van der Waals surface area contributed by atoms with Gasteiger partial charge in [-0.3, -0.25) is 0 Å². The van der Waals surface area contributed by atoms with E-state index in [2.05, 4.69) is 55.2 Å². The first kappa shape index (κ1) is 18.2. The number of hydrogen-bond donors (Lipinski definition) is 0. The predicted octanol–water partition coefficient (Wildman–Crippen LogP) is 6.02. The van der Waals surface area contributed by atoms with Gasteiger partial charge >= 0.3 is 5.97 Å². The Bertz CT molecular complexity index is 576. The Morgan fingerprint density at radius 2 is 2.08 bits per heavy atom. The lowest BCUT2D eigenvalue weighted by Crippen LogP contribution is -2.38. The molecule has 1 aliphatic heterocycles. The fraction of sp³-hybridized carbons (Fsp3) is 0.762. The molecule has 1 heterocycles. The summed E-state index contributed by atoms with van der Waals surface area (Å²) in [5, 5.41) is 0. The topological polar surface area (TPSA) is 26.3 Å². The third kappa shape index (κ3) is 2.71. The van der Waals surface area contributed by atoms with Gasteiger partial charge in [-0.2, -0.15) is 0 Å². The minimum Gasteiger partial charge on any atom is -0.458 e. The van der Waals surface area contributed by atoms with Crippen molar-refractivity contribution in [2.45, 2.75) is 72.3 Å². The number of rotatable bonds is 3. The number of ether oxygens (including phenoxy) is 1. The monoisotopic (exact) mass is 394 g/mol. The van der Waals surface area contributed by atoms with Gasteiger partial charge in [-0.15, -0.1) is 0 Å². The van der Waals surface area contributed by atoms with Gasteiger partial charge in [0.2, 0.25) is 0 Å². The summed E-state index contributed by atoms with van der Waals surface area (Å²) < 4.78 is 5.67. The molecule has 0 bridgehead atoms. The first-order chi connectivity index (χ1) is 11.2. The van der Waals surface area contributed by atoms with Crippen molar-refractivity contribution in [2.75, 3.05) is 0 Å². The Morgan fingerprint density at radius 1 is 1.38 bits per heavy atom. The van der Waals surface area contributed by atoms with Crippen LogP contribution in [0.3, 0.4) is 0 Å². The van der Waals surface area contributed by atoms with Crippen LogP contribution in [0, 0.1) is 28.6 Å². The van der Waals surface area contributed by atoms with Gasteiger partial charge in [0, 0.05) is 11.0 Å². The summed E-state index contributed by atoms with van der Waals surface area (Å²) in [7, 11) is 0. The molecular weight excluding hydrogens is 364 g/mol. The fourth-order valence-electron chi connectivity index (χ4n) is 5.80. The van der Waals surface area contributed by atoms with Crippen LogP contribution < -0.4 is 0 Å². The Labute approximate surface area is 155 Å². The molecule has 134 valence electrons. The van der Waals surface area contributed by atoms with Crippen LogP contribution in [-0.4, -0.2) is 12.1 Å². The number of carbonyl (C=O) groups excluding carboxylic acids is 1. The van der Waals surface area contributed by atoms with Crippen molar-refractivity contribution < 1.29 is 9.53 Å². The second-order valence-electron chi connectivity index (χ2n) is 9.09. The maximum Gasteiger partial charge on any atom is 0.334 e. The molecule has 3 rings (SSSR count). The molecule has 3 fully saturated rings. The molecule has 0 radical (unpaired) electrons. The summed E-state index contributed by atoms with van der Waals surface area (Å²) >= 11 is 3.60. The Kier molecular flexibility index (Phi) is 4.79. The normalized spacial score (nSPS) is 41.4. The summed E-state index contributed by atoms with van der Waals surface area (Å²) in [5.74, 6) is 1.81. The molecule has 0 spiro atoms. The van der Waals surface area contributed by atoms with E-state index in [1.54, 1.807) is 5.57 Å². The molecule has 3 aliphatic rings. The number of fused-ring (bicyclic) bond motifs is 1. The SMILES string of the molecule is C=C1C(=O)OC(C[C@@H](C)[C@H]2CC[C@H]3/C(=C/Br)CCC[C@]23C)C1(C)C. The number of cyclic esters (lactones) is 1. The smallest absolute Gasteiger partial charge is 0.334 e. The Hall–Kier alpha value is -0.570. The van der Waals surface area contributed by atoms with Crippen LogP contribution in [0.15, 0.2) is 22.7 Å². The quantitative estimate of drug-likeness (QED) is 0.432. The Morgan fingerprint density at radius 3 is 2.67 bits per heavy atom. The third-order valence-corrected chi connectivity index (χ3v) is 8.12. The predicted molar refractivity (Wildman–Crippen MR) is 102 cm³/mol. The zero-order chi connectivity index (χ0) is 17.7. The van der Waals surface area contributed by atoms with Gasteiger partial charge in [-0.25, -0.2) is 4.79 Å². The Balaban J connectivity index is 1.75. The van der Waals surface area contributed by atoms with E-state index in [4.69, 9.17) is 4.74 Å². The molecule has 0 N–H and O–H groups in total. The number of allylic oxidation sites excluding steroid dienone is 1. The molecule has 2 aliphatic carbocycles. The van der Waals surface area contributed by atoms with Gasteiger partial charge in [0.15, 0.2) is 0 Å². The van der Waals surface area contributed by atoms with Crippen LogP contribution in [0.4, 0.5) is 0 Å². The van der Waals surface area contributed by atoms with Crippen LogP contribution in [0.25, 0.3) is 0 Å². The highest BCUT2D eigenvalue weighted by Gasteiger charge is 2.52. The lowest BCUT2D eigenvalue weighted by atomic mass is 9.60. The molecule has 1 unspecified atom stereocenters. The van der Waals surface area contributed by atoms with E-state index in [1.165, 1.54) is 32.1 Å². The molecule has 1 saturated heterocycles. The number of hydrogen-bond acceptors (Lipinski definition) is 2. The van der Waals surface area contributed by atoms with Crippen LogP contribution in [0.1, 0.15) is 66.2 Å². The summed E-state index contributed by atoms with van der Waals surface area (Å²) in [6, 6.07) is 0. The van der Waals surface area contributed by atoms with E-state index in [-0.39, 0.29) is 17.5 Å². The average molecular weight is 395 g/mol. The highest BCUT2D eigenvalue weighted by molar-refractivity contribution is 9.11. The van der Waals surface area contributed by atoms with Gasteiger partial charge in [-0.1, -0.05) is 55.8 Å². The standard InChI is InChI=1S/C21H31BrO2/c1-13(11-18-20(3,4)14(2)19(23)24-18)16-8-9-17-15(12-22)7-6-10-21(16,17)5/h12-13,16-18H,2,6-11H2,1,3-5H3/b15-12+/t13-,16-,17+,18?,21-/m1/s1. The molecule has 0 aromatic rings.